The molecule has 0 spiro atoms. The Labute approximate surface area is 192 Å². The molecular formula is C26H25ClO5. The van der Waals surface area contributed by atoms with Crippen LogP contribution in [-0.4, -0.2) is 30.1 Å². The van der Waals surface area contributed by atoms with Gasteiger partial charge in [0, 0.05) is 12.1 Å². The Morgan fingerprint density at radius 3 is 2.09 bits per heavy atom. The van der Waals surface area contributed by atoms with Gasteiger partial charge >= 0.3 is 5.97 Å². The van der Waals surface area contributed by atoms with Crippen LogP contribution in [0, 0.1) is 0 Å². The van der Waals surface area contributed by atoms with E-state index in [1.807, 2.05) is 48.5 Å². The smallest absolute Gasteiger partial charge is 0.344 e. The summed E-state index contributed by atoms with van der Waals surface area (Å²) in [6, 6.07) is 20.6. The molecule has 0 aliphatic rings. The van der Waals surface area contributed by atoms with Gasteiger partial charge in [0.05, 0.1) is 12.2 Å². The van der Waals surface area contributed by atoms with Crippen molar-refractivity contribution in [3.8, 4) is 16.9 Å². The van der Waals surface area contributed by atoms with Crippen molar-refractivity contribution in [2.75, 3.05) is 7.11 Å². The number of carboxylic acid groups (broad SMARTS) is 1. The third-order valence-corrected chi connectivity index (χ3v) is 5.36. The van der Waals surface area contributed by atoms with Crippen LogP contribution in [0.15, 0.2) is 66.7 Å². The van der Waals surface area contributed by atoms with E-state index in [9.17, 15) is 14.7 Å². The zero-order chi connectivity index (χ0) is 23.1. The minimum absolute atomic E-state index is 0.195. The fourth-order valence-electron chi connectivity index (χ4n) is 3.40. The first-order chi connectivity index (χ1) is 15.4. The van der Waals surface area contributed by atoms with Crippen molar-refractivity contribution in [2.45, 2.75) is 32.5 Å². The lowest BCUT2D eigenvalue weighted by molar-refractivity contribution is -0.145. The summed E-state index contributed by atoms with van der Waals surface area (Å²) in [5.41, 5.74) is 4.27. The summed E-state index contributed by atoms with van der Waals surface area (Å²) in [7, 11) is 1.57. The molecule has 1 atom stereocenters. The molecule has 1 unspecified atom stereocenters. The van der Waals surface area contributed by atoms with Gasteiger partial charge in [0.15, 0.2) is 11.9 Å². The van der Waals surface area contributed by atoms with E-state index in [1.165, 1.54) is 6.92 Å². The predicted molar refractivity (Wildman–Crippen MR) is 124 cm³/mol. The molecule has 0 radical (unpaired) electrons. The highest BCUT2D eigenvalue weighted by Crippen LogP contribution is 2.25. The van der Waals surface area contributed by atoms with E-state index in [2.05, 4.69) is 0 Å². The molecule has 3 rings (SSSR count). The number of carbonyl (C=O) groups excluding carboxylic acids is 1. The maximum absolute atomic E-state index is 12.0. The molecule has 166 valence electrons. The lowest BCUT2D eigenvalue weighted by Gasteiger charge is -2.18. The SMILES string of the molecule is COCc1ccc(OC(CCc2ccc(-c3ccc(Cl)cc3)cc2)C(=O)O)c(C(C)=O)c1. The summed E-state index contributed by atoms with van der Waals surface area (Å²) in [6.07, 6.45) is -0.278. The van der Waals surface area contributed by atoms with Crippen LogP contribution in [0.4, 0.5) is 0 Å². The van der Waals surface area contributed by atoms with Crippen LogP contribution in [0.5, 0.6) is 5.75 Å². The molecule has 0 fully saturated rings. The van der Waals surface area contributed by atoms with E-state index in [-0.39, 0.29) is 18.0 Å². The molecule has 0 heterocycles. The third kappa shape index (κ3) is 6.19. The number of aryl methyl sites for hydroxylation is 1. The molecule has 3 aromatic carbocycles. The van der Waals surface area contributed by atoms with Crippen molar-refractivity contribution >= 4 is 23.4 Å². The van der Waals surface area contributed by atoms with Crippen LogP contribution in [0.3, 0.4) is 0 Å². The largest absolute Gasteiger partial charge is 0.479 e. The summed E-state index contributed by atoms with van der Waals surface area (Å²) < 4.78 is 10.9. The molecule has 0 aliphatic heterocycles. The summed E-state index contributed by atoms with van der Waals surface area (Å²) in [5.74, 6) is -0.999. The van der Waals surface area contributed by atoms with Crippen LogP contribution < -0.4 is 4.74 Å². The molecule has 32 heavy (non-hydrogen) atoms. The molecule has 1 N–H and O–H groups in total. The van der Waals surface area contributed by atoms with Gasteiger partial charge in [0.25, 0.3) is 0 Å². The van der Waals surface area contributed by atoms with Crippen molar-refractivity contribution in [2.24, 2.45) is 0 Å². The van der Waals surface area contributed by atoms with Gasteiger partial charge in [0.2, 0.25) is 0 Å². The van der Waals surface area contributed by atoms with Crippen molar-refractivity contribution in [3.05, 3.63) is 88.4 Å². The number of carbonyl (C=O) groups is 2. The summed E-state index contributed by atoms with van der Waals surface area (Å²) in [4.78, 5) is 23.8. The number of hydrogen-bond donors (Lipinski definition) is 1. The summed E-state index contributed by atoms with van der Waals surface area (Å²) in [6.45, 7) is 1.78. The van der Waals surface area contributed by atoms with Gasteiger partial charge in [-0.05, 0) is 66.3 Å². The molecule has 0 saturated carbocycles. The highest BCUT2D eigenvalue weighted by atomic mass is 35.5. The van der Waals surface area contributed by atoms with E-state index in [0.29, 0.717) is 23.6 Å². The second-order valence-corrected chi connectivity index (χ2v) is 7.94. The molecule has 0 saturated heterocycles. The average molecular weight is 453 g/mol. The Balaban J connectivity index is 1.69. The standard InChI is InChI=1S/C26H25ClO5/c1-17(28)23-15-19(16-31-2)6-13-24(23)32-25(26(29)30)14-5-18-3-7-20(8-4-18)21-9-11-22(27)12-10-21/h3-4,6-13,15,25H,5,14,16H2,1-2H3,(H,29,30). The van der Waals surface area contributed by atoms with E-state index >= 15 is 0 Å². The topological polar surface area (TPSA) is 72.8 Å². The monoisotopic (exact) mass is 452 g/mol. The van der Waals surface area contributed by atoms with E-state index in [4.69, 9.17) is 21.1 Å². The second-order valence-electron chi connectivity index (χ2n) is 7.51. The Morgan fingerprint density at radius 2 is 1.53 bits per heavy atom. The average Bonchev–Trinajstić information content (AvgIpc) is 2.78. The van der Waals surface area contributed by atoms with Gasteiger partial charge in [0.1, 0.15) is 5.75 Å². The molecule has 6 heteroatoms. The van der Waals surface area contributed by atoms with E-state index in [0.717, 1.165) is 22.3 Å². The number of ketones is 1. The van der Waals surface area contributed by atoms with Crippen molar-refractivity contribution in [1.82, 2.24) is 0 Å². The van der Waals surface area contributed by atoms with Crippen LogP contribution in [0.2, 0.25) is 5.02 Å². The Kier molecular flexibility index (Phi) is 8.03. The quantitative estimate of drug-likeness (QED) is 0.392. The highest BCUT2D eigenvalue weighted by molar-refractivity contribution is 6.30. The molecular weight excluding hydrogens is 428 g/mol. The number of methoxy groups -OCH3 is 1. The van der Waals surface area contributed by atoms with Gasteiger partial charge in [-0.15, -0.1) is 0 Å². The number of aliphatic carboxylic acids is 1. The van der Waals surface area contributed by atoms with Gasteiger partial charge < -0.3 is 14.6 Å². The number of ether oxygens (including phenoxy) is 2. The van der Waals surface area contributed by atoms with Crippen LogP contribution in [0.25, 0.3) is 11.1 Å². The normalized spacial score (nSPS) is 11.7. The maximum atomic E-state index is 12.0. The maximum Gasteiger partial charge on any atom is 0.344 e. The highest BCUT2D eigenvalue weighted by Gasteiger charge is 2.22. The zero-order valence-corrected chi connectivity index (χ0v) is 18.8. The third-order valence-electron chi connectivity index (χ3n) is 5.11. The molecule has 5 nitrogen and oxygen atoms in total. The summed E-state index contributed by atoms with van der Waals surface area (Å²) in [5, 5.41) is 10.3. The first kappa shape index (κ1) is 23.5. The van der Waals surface area contributed by atoms with Crippen LogP contribution in [-0.2, 0) is 22.6 Å². The van der Waals surface area contributed by atoms with Crippen molar-refractivity contribution in [1.29, 1.82) is 0 Å². The fourth-order valence-corrected chi connectivity index (χ4v) is 3.53. The molecule has 0 aromatic heterocycles. The second kappa shape index (κ2) is 10.9. The van der Waals surface area contributed by atoms with Gasteiger partial charge in [-0.3, -0.25) is 4.79 Å². The van der Waals surface area contributed by atoms with Crippen molar-refractivity contribution in [3.63, 3.8) is 0 Å². The molecule has 0 aliphatic carbocycles. The Bertz CT molecular complexity index is 1070. The van der Waals surface area contributed by atoms with Gasteiger partial charge in [-0.2, -0.15) is 0 Å². The van der Waals surface area contributed by atoms with E-state index < -0.39 is 12.1 Å². The summed E-state index contributed by atoms with van der Waals surface area (Å²) >= 11 is 5.94. The number of carboxylic acids is 1. The lowest BCUT2D eigenvalue weighted by atomic mass is 10.0. The van der Waals surface area contributed by atoms with Crippen LogP contribution >= 0.6 is 11.6 Å². The van der Waals surface area contributed by atoms with Gasteiger partial charge in [-0.1, -0.05) is 54.1 Å². The predicted octanol–water partition coefficient (Wildman–Crippen LogP) is 5.82. The number of halogens is 1. The number of benzene rings is 3. The minimum Gasteiger partial charge on any atom is -0.479 e. The molecule has 0 amide bonds. The van der Waals surface area contributed by atoms with Crippen molar-refractivity contribution < 1.29 is 24.2 Å². The van der Waals surface area contributed by atoms with E-state index in [1.54, 1.807) is 25.3 Å². The van der Waals surface area contributed by atoms with Crippen LogP contribution in [0.1, 0.15) is 34.8 Å². The Hall–Kier alpha value is -3.15. The Morgan fingerprint density at radius 1 is 0.938 bits per heavy atom. The lowest BCUT2D eigenvalue weighted by Crippen LogP contribution is -2.28. The minimum atomic E-state index is -1.07. The number of Topliss-reactive ketones (excluding diaryl/α,β-unsaturated/α-hetero) is 1. The fraction of sp³-hybridized carbons (Fsp3) is 0.231. The number of hydrogen-bond acceptors (Lipinski definition) is 4. The molecule has 0 bridgehead atoms. The first-order valence-electron chi connectivity index (χ1n) is 10.2. The van der Waals surface area contributed by atoms with Gasteiger partial charge in [-0.25, -0.2) is 4.79 Å². The number of rotatable bonds is 10. The first-order valence-corrected chi connectivity index (χ1v) is 10.6. The molecule has 3 aromatic rings. The zero-order valence-electron chi connectivity index (χ0n) is 18.0.